The number of methoxy groups -OCH3 is 1. The topological polar surface area (TPSA) is 69.0 Å². The second kappa shape index (κ2) is 6.78. The highest BCUT2D eigenvalue weighted by molar-refractivity contribution is 7.12. The van der Waals surface area contributed by atoms with Gasteiger partial charge in [0, 0.05) is 5.69 Å². The molecule has 4 rings (SSSR count). The average Bonchev–Trinajstić information content (AvgIpc) is 3.31. The van der Waals surface area contributed by atoms with Crippen LogP contribution in [0.1, 0.15) is 9.67 Å². The summed E-state index contributed by atoms with van der Waals surface area (Å²) in [6, 6.07) is 14.3. The van der Waals surface area contributed by atoms with Crippen molar-refractivity contribution in [3.63, 3.8) is 0 Å². The van der Waals surface area contributed by atoms with Gasteiger partial charge in [0.05, 0.1) is 22.7 Å². The Bertz CT molecular complexity index is 1090. The number of halogens is 1. The number of carbonyl (C=O) groups excluding carboxylic acids is 1. The maximum absolute atomic E-state index is 12.2. The Hall–Kier alpha value is -2.90. The van der Waals surface area contributed by atoms with Crippen LogP contribution in [0.3, 0.4) is 0 Å². The minimum absolute atomic E-state index is 0.145. The average molecular weight is 385 g/mol. The molecule has 6 nitrogen and oxygen atoms in total. The van der Waals surface area contributed by atoms with Crippen molar-refractivity contribution < 1.29 is 9.53 Å². The van der Waals surface area contributed by atoms with E-state index in [1.54, 1.807) is 37.4 Å². The van der Waals surface area contributed by atoms with E-state index in [0.717, 1.165) is 5.69 Å². The van der Waals surface area contributed by atoms with Crippen LogP contribution in [0, 0.1) is 0 Å². The first-order valence-corrected chi connectivity index (χ1v) is 8.96. The smallest absolute Gasteiger partial charge is 0.265 e. The Labute approximate surface area is 158 Å². The number of hydrogen-bond acceptors (Lipinski definition) is 5. The van der Waals surface area contributed by atoms with Gasteiger partial charge in [-0.1, -0.05) is 17.7 Å². The third-order valence-electron chi connectivity index (χ3n) is 3.75. The summed E-state index contributed by atoms with van der Waals surface area (Å²) in [5.41, 5.74) is 2.76. The van der Waals surface area contributed by atoms with E-state index in [4.69, 9.17) is 16.3 Å². The van der Waals surface area contributed by atoms with Crippen LogP contribution in [0.25, 0.3) is 16.7 Å². The number of anilines is 1. The van der Waals surface area contributed by atoms with E-state index in [1.165, 1.54) is 16.1 Å². The summed E-state index contributed by atoms with van der Waals surface area (Å²) < 4.78 is 5.16. The molecule has 0 saturated heterocycles. The molecule has 1 N–H and O–H groups in total. The molecule has 0 unspecified atom stereocenters. The van der Waals surface area contributed by atoms with Crippen molar-refractivity contribution in [2.24, 2.45) is 0 Å². The van der Waals surface area contributed by atoms with Crippen molar-refractivity contribution in [1.29, 1.82) is 0 Å². The highest BCUT2D eigenvalue weighted by Crippen LogP contribution is 2.27. The van der Waals surface area contributed by atoms with Crippen molar-refractivity contribution >= 4 is 45.6 Å². The van der Waals surface area contributed by atoms with E-state index in [9.17, 15) is 4.79 Å². The molecular weight excluding hydrogens is 372 g/mol. The van der Waals surface area contributed by atoms with E-state index in [0.29, 0.717) is 32.4 Å². The summed E-state index contributed by atoms with van der Waals surface area (Å²) in [5, 5.41) is 14.1. The highest BCUT2D eigenvalue weighted by Gasteiger charge is 2.11. The zero-order valence-corrected chi connectivity index (χ0v) is 15.2. The Morgan fingerprint density at radius 1 is 1.15 bits per heavy atom. The molecule has 0 bridgehead atoms. The van der Waals surface area contributed by atoms with Gasteiger partial charge in [0.25, 0.3) is 5.91 Å². The number of rotatable bonds is 4. The standard InChI is InChI=1S/C18H13ClN4O2S/c1-25-16-7-5-12(10-13(16)19)23-21-14-6-4-11(9-15(14)22-23)20-18(24)17-3-2-8-26-17/h2-10H,1H3,(H,20,24). The van der Waals surface area contributed by atoms with Crippen LogP contribution in [0.2, 0.25) is 5.02 Å². The maximum atomic E-state index is 12.2. The van der Waals surface area contributed by atoms with E-state index in [1.807, 2.05) is 23.6 Å². The van der Waals surface area contributed by atoms with Gasteiger partial charge < -0.3 is 10.1 Å². The number of thiophene rings is 1. The fourth-order valence-corrected chi connectivity index (χ4v) is 3.36. The SMILES string of the molecule is COc1ccc(-n2nc3ccc(NC(=O)c4cccs4)cc3n2)cc1Cl. The number of benzene rings is 2. The van der Waals surface area contributed by atoms with Crippen LogP contribution in [-0.2, 0) is 0 Å². The highest BCUT2D eigenvalue weighted by atomic mass is 35.5. The van der Waals surface area contributed by atoms with Gasteiger partial charge in [-0.05, 0) is 47.8 Å². The summed E-state index contributed by atoms with van der Waals surface area (Å²) >= 11 is 7.56. The first-order valence-electron chi connectivity index (χ1n) is 7.70. The summed E-state index contributed by atoms with van der Waals surface area (Å²) in [5.74, 6) is 0.444. The normalized spacial score (nSPS) is 10.8. The minimum Gasteiger partial charge on any atom is -0.495 e. The van der Waals surface area contributed by atoms with Crippen LogP contribution in [-0.4, -0.2) is 28.0 Å². The van der Waals surface area contributed by atoms with Crippen molar-refractivity contribution in [3.8, 4) is 11.4 Å². The number of amides is 1. The molecule has 0 aliphatic heterocycles. The largest absolute Gasteiger partial charge is 0.495 e. The molecule has 0 saturated carbocycles. The Balaban J connectivity index is 1.63. The second-order valence-corrected chi connectivity index (χ2v) is 6.80. The lowest BCUT2D eigenvalue weighted by Gasteiger charge is -2.04. The number of carbonyl (C=O) groups is 1. The molecule has 0 atom stereocenters. The number of hydrogen-bond donors (Lipinski definition) is 1. The Morgan fingerprint density at radius 2 is 2.00 bits per heavy atom. The number of ether oxygens (including phenoxy) is 1. The zero-order valence-electron chi connectivity index (χ0n) is 13.6. The number of nitrogens with one attached hydrogen (secondary N) is 1. The molecule has 0 radical (unpaired) electrons. The molecule has 0 aliphatic carbocycles. The van der Waals surface area contributed by atoms with Crippen molar-refractivity contribution in [1.82, 2.24) is 15.0 Å². The molecule has 0 fully saturated rings. The van der Waals surface area contributed by atoms with Crippen LogP contribution < -0.4 is 10.1 Å². The van der Waals surface area contributed by atoms with Gasteiger partial charge in [-0.15, -0.1) is 21.5 Å². The zero-order chi connectivity index (χ0) is 18.1. The summed E-state index contributed by atoms with van der Waals surface area (Å²) in [6.45, 7) is 0. The summed E-state index contributed by atoms with van der Waals surface area (Å²) in [4.78, 5) is 14.3. The van der Waals surface area contributed by atoms with Gasteiger partial charge in [0.15, 0.2) is 0 Å². The Kier molecular flexibility index (Phi) is 4.32. The van der Waals surface area contributed by atoms with Crippen molar-refractivity contribution in [2.45, 2.75) is 0 Å². The first-order chi connectivity index (χ1) is 12.6. The van der Waals surface area contributed by atoms with Crippen molar-refractivity contribution in [2.75, 3.05) is 12.4 Å². The minimum atomic E-state index is -0.145. The molecule has 130 valence electrons. The van der Waals surface area contributed by atoms with E-state index in [2.05, 4.69) is 15.5 Å². The maximum Gasteiger partial charge on any atom is 0.265 e. The molecule has 4 aromatic rings. The fraction of sp³-hybridized carbons (Fsp3) is 0.0556. The third-order valence-corrected chi connectivity index (χ3v) is 4.91. The van der Waals surface area contributed by atoms with Crippen LogP contribution >= 0.6 is 22.9 Å². The molecule has 2 aromatic heterocycles. The van der Waals surface area contributed by atoms with Gasteiger partial charge in [-0.25, -0.2) is 0 Å². The fourth-order valence-electron chi connectivity index (χ4n) is 2.49. The van der Waals surface area contributed by atoms with Gasteiger partial charge in [0.1, 0.15) is 16.8 Å². The Morgan fingerprint density at radius 3 is 2.73 bits per heavy atom. The van der Waals surface area contributed by atoms with Gasteiger partial charge in [-0.3, -0.25) is 4.79 Å². The monoisotopic (exact) mass is 384 g/mol. The third kappa shape index (κ3) is 3.14. The quantitative estimate of drug-likeness (QED) is 0.566. The molecular formula is C18H13ClN4O2S. The lowest BCUT2D eigenvalue weighted by atomic mass is 10.2. The summed E-state index contributed by atoms with van der Waals surface area (Å²) in [6.07, 6.45) is 0. The van der Waals surface area contributed by atoms with Crippen LogP contribution in [0.4, 0.5) is 5.69 Å². The molecule has 1 amide bonds. The first kappa shape index (κ1) is 16.6. The second-order valence-electron chi connectivity index (χ2n) is 5.44. The lowest BCUT2D eigenvalue weighted by Crippen LogP contribution is -2.09. The molecule has 0 spiro atoms. The number of fused-ring (bicyclic) bond motifs is 1. The lowest BCUT2D eigenvalue weighted by molar-refractivity contribution is 0.103. The number of aromatic nitrogens is 3. The number of nitrogens with zero attached hydrogens (tertiary/aromatic N) is 3. The summed E-state index contributed by atoms with van der Waals surface area (Å²) in [7, 11) is 1.56. The van der Waals surface area contributed by atoms with Gasteiger partial charge >= 0.3 is 0 Å². The van der Waals surface area contributed by atoms with Crippen molar-refractivity contribution in [3.05, 3.63) is 63.8 Å². The van der Waals surface area contributed by atoms with Crippen LogP contribution in [0.15, 0.2) is 53.9 Å². The predicted octanol–water partition coefficient (Wildman–Crippen LogP) is 4.40. The van der Waals surface area contributed by atoms with E-state index in [-0.39, 0.29) is 5.91 Å². The molecule has 0 aliphatic rings. The molecule has 2 heterocycles. The van der Waals surface area contributed by atoms with Crippen LogP contribution in [0.5, 0.6) is 5.75 Å². The molecule has 26 heavy (non-hydrogen) atoms. The van der Waals surface area contributed by atoms with E-state index >= 15 is 0 Å². The van der Waals surface area contributed by atoms with E-state index < -0.39 is 0 Å². The van der Waals surface area contributed by atoms with Gasteiger partial charge in [-0.2, -0.15) is 4.80 Å². The predicted molar refractivity (Wildman–Crippen MR) is 103 cm³/mol. The van der Waals surface area contributed by atoms with Gasteiger partial charge in [0.2, 0.25) is 0 Å². The molecule has 2 aromatic carbocycles. The molecule has 8 heteroatoms.